The van der Waals surface area contributed by atoms with Crippen molar-refractivity contribution in [1.29, 1.82) is 0 Å². The lowest BCUT2D eigenvalue weighted by atomic mass is 9.95. The highest BCUT2D eigenvalue weighted by Crippen LogP contribution is 2.20. The van der Waals surface area contributed by atoms with Crippen LogP contribution in [0.1, 0.15) is 31.4 Å². The van der Waals surface area contributed by atoms with Crippen molar-refractivity contribution in [3.63, 3.8) is 0 Å². The van der Waals surface area contributed by atoms with Gasteiger partial charge in [-0.15, -0.1) is 0 Å². The van der Waals surface area contributed by atoms with Crippen molar-refractivity contribution in [2.75, 3.05) is 0 Å². The van der Waals surface area contributed by atoms with Crippen LogP contribution in [0.5, 0.6) is 0 Å². The zero-order valence-corrected chi connectivity index (χ0v) is 9.40. The molecule has 0 unspecified atom stereocenters. The van der Waals surface area contributed by atoms with Crippen molar-refractivity contribution < 1.29 is 8.78 Å². The van der Waals surface area contributed by atoms with E-state index in [1.165, 1.54) is 12.1 Å². The Balaban J connectivity index is 2.90. The third kappa shape index (κ3) is 3.27. The maximum Gasteiger partial charge on any atom is 0.132 e. The molecule has 0 spiro atoms. The SMILES string of the molecule is Cc1ccc(F)c(CCC(C)(C)N)c1F. The highest BCUT2D eigenvalue weighted by atomic mass is 19.1. The average molecular weight is 213 g/mol. The Kier molecular flexibility index (Phi) is 3.45. The smallest absolute Gasteiger partial charge is 0.132 e. The molecule has 84 valence electrons. The van der Waals surface area contributed by atoms with Gasteiger partial charge in [-0.25, -0.2) is 8.78 Å². The Morgan fingerprint density at radius 1 is 1.27 bits per heavy atom. The lowest BCUT2D eigenvalue weighted by Gasteiger charge is -2.18. The van der Waals surface area contributed by atoms with E-state index in [0.29, 0.717) is 18.4 Å². The van der Waals surface area contributed by atoms with Gasteiger partial charge in [0.05, 0.1) is 0 Å². The number of rotatable bonds is 3. The van der Waals surface area contributed by atoms with Gasteiger partial charge in [0.1, 0.15) is 11.6 Å². The minimum Gasteiger partial charge on any atom is -0.326 e. The summed E-state index contributed by atoms with van der Waals surface area (Å²) in [7, 11) is 0. The summed E-state index contributed by atoms with van der Waals surface area (Å²) >= 11 is 0. The van der Waals surface area contributed by atoms with Gasteiger partial charge in [0.2, 0.25) is 0 Å². The van der Waals surface area contributed by atoms with Gasteiger partial charge in [-0.1, -0.05) is 6.07 Å². The number of benzene rings is 1. The molecule has 3 heteroatoms. The van der Waals surface area contributed by atoms with E-state index in [2.05, 4.69) is 0 Å². The summed E-state index contributed by atoms with van der Waals surface area (Å²) in [4.78, 5) is 0. The Morgan fingerprint density at radius 3 is 2.40 bits per heavy atom. The van der Waals surface area contributed by atoms with E-state index in [1.54, 1.807) is 6.92 Å². The second-order valence-corrected chi connectivity index (χ2v) is 4.65. The van der Waals surface area contributed by atoms with E-state index >= 15 is 0 Å². The topological polar surface area (TPSA) is 26.0 Å². The molecule has 0 atom stereocenters. The van der Waals surface area contributed by atoms with E-state index in [0.717, 1.165) is 0 Å². The summed E-state index contributed by atoms with van der Waals surface area (Å²) in [5, 5.41) is 0. The first-order valence-corrected chi connectivity index (χ1v) is 5.03. The first kappa shape index (κ1) is 12.1. The maximum atomic E-state index is 13.6. The van der Waals surface area contributed by atoms with Crippen LogP contribution < -0.4 is 5.73 Å². The molecule has 0 fully saturated rings. The van der Waals surface area contributed by atoms with Crippen LogP contribution in [0, 0.1) is 18.6 Å². The lowest BCUT2D eigenvalue weighted by molar-refractivity contribution is 0.459. The van der Waals surface area contributed by atoms with Crippen LogP contribution >= 0.6 is 0 Å². The maximum absolute atomic E-state index is 13.6. The van der Waals surface area contributed by atoms with Crippen LogP contribution in [0.3, 0.4) is 0 Å². The predicted octanol–water partition coefficient (Wildman–Crippen LogP) is 2.94. The normalized spacial score (nSPS) is 11.9. The summed E-state index contributed by atoms with van der Waals surface area (Å²) in [5.41, 5.74) is 6.00. The summed E-state index contributed by atoms with van der Waals surface area (Å²) in [6.45, 7) is 5.32. The van der Waals surface area contributed by atoms with E-state index in [4.69, 9.17) is 5.73 Å². The first-order valence-electron chi connectivity index (χ1n) is 5.03. The minimum atomic E-state index is -0.484. The Morgan fingerprint density at radius 2 is 1.87 bits per heavy atom. The summed E-state index contributed by atoms with van der Waals surface area (Å²) < 4.78 is 26.9. The fraction of sp³-hybridized carbons (Fsp3) is 0.500. The zero-order chi connectivity index (χ0) is 11.6. The van der Waals surface area contributed by atoms with Gasteiger partial charge in [0.15, 0.2) is 0 Å². The van der Waals surface area contributed by atoms with Crippen molar-refractivity contribution >= 4 is 0 Å². The predicted molar refractivity (Wildman–Crippen MR) is 57.7 cm³/mol. The van der Waals surface area contributed by atoms with Crippen LogP contribution in [-0.2, 0) is 6.42 Å². The summed E-state index contributed by atoms with van der Waals surface area (Å²) in [6, 6.07) is 2.75. The number of nitrogens with two attached hydrogens (primary N) is 1. The van der Waals surface area contributed by atoms with E-state index < -0.39 is 17.2 Å². The molecule has 15 heavy (non-hydrogen) atoms. The van der Waals surface area contributed by atoms with Crippen molar-refractivity contribution in [2.45, 2.75) is 39.2 Å². The molecular weight excluding hydrogens is 196 g/mol. The standard InChI is InChI=1S/C12H17F2N/c1-8-4-5-10(13)9(11(8)14)6-7-12(2,3)15/h4-5H,6-7,15H2,1-3H3. The second kappa shape index (κ2) is 4.27. The number of hydrogen-bond donors (Lipinski definition) is 1. The van der Waals surface area contributed by atoms with Gasteiger partial charge in [0.25, 0.3) is 0 Å². The highest BCUT2D eigenvalue weighted by molar-refractivity contribution is 5.26. The summed E-state index contributed by atoms with van der Waals surface area (Å²) in [6.07, 6.45) is 0.896. The van der Waals surface area contributed by atoms with Crippen LogP contribution in [-0.4, -0.2) is 5.54 Å². The van der Waals surface area contributed by atoms with Gasteiger partial charge in [-0.05, 0) is 45.2 Å². The Bertz CT molecular complexity index is 353. The number of halogens is 2. The molecule has 0 radical (unpaired) electrons. The van der Waals surface area contributed by atoms with Crippen molar-refractivity contribution in [3.05, 3.63) is 34.9 Å². The fourth-order valence-electron chi connectivity index (χ4n) is 1.39. The molecule has 0 aliphatic heterocycles. The molecule has 2 N–H and O–H groups in total. The molecule has 0 saturated carbocycles. The number of hydrogen-bond acceptors (Lipinski definition) is 1. The lowest BCUT2D eigenvalue weighted by Crippen LogP contribution is -2.32. The van der Waals surface area contributed by atoms with Gasteiger partial charge < -0.3 is 5.73 Å². The van der Waals surface area contributed by atoms with E-state index in [9.17, 15) is 8.78 Å². The largest absolute Gasteiger partial charge is 0.326 e. The molecule has 0 saturated heterocycles. The molecule has 0 bridgehead atoms. The minimum absolute atomic E-state index is 0.147. The van der Waals surface area contributed by atoms with E-state index in [-0.39, 0.29) is 5.56 Å². The first-order chi connectivity index (χ1) is 6.81. The fourth-order valence-corrected chi connectivity index (χ4v) is 1.39. The van der Waals surface area contributed by atoms with Crippen LogP contribution in [0.25, 0.3) is 0 Å². The molecule has 0 heterocycles. The van der Waals surface area contributed by atoms with E-state index in [1.807, 2.05) is 13.8 Å². The van der Waals surface area contributed by atoms with Crippen molar-refractivity contribution in [3.8, 4) is 0 Å². The molecular formula is C12H17F2N. The van der Waals surface area contributed by atoms with Crippen LogP contribution in [0.4, 0.5) is 8.78 Å². The van der Waals surface area contributed by atoms with Crippen molar-refractivity contribution in [1.82, 2.24) is 0 Å². The van der Waals surface area contributed by atoms with Crippen molar-refractivity contribution in [2.24, 2.45) is 5.73 Å². The number of aryl methyl sites for hydroxylation is 1. The molecule has 1 rings (SSSR count). The molecule has 0 aliphatic carbocycles. The molecule has 1 aromatic rings. The highest BCUT2D eigenvalue weighted by Gasteiger charge is 2.16. The Hall–Kier alpha value is -0.960. The second-order valence-electron chi connectivity index (χ2n) is 4.65. The molecule has 1 nitrogen and oxygen atoms in total. The Labute approximate surface area is 89.3 Å². The van der Waals surface area contributed by atoms with Crippen LogP contribution in [0.2, 0.25) is 0 Å². The average Bonchev–Trinajstić information content (AvgIpc) is 2.10. The third-order valence-corrected chi connectivity index (χ3v) is 2.40. The molecule has 0 aromatic heterocycles. The summed E-state index contributed by atoms with van der Waals surface area (Å²) in [5.74, 6) is -0.929. The van der Waals surface area contributed by atoms with Crippen LogP contribution in [0.15, 0.2) is 12.1 Å². The molecule has 1 aromatic carbocycles. The van der Waals surface area contributed by atoms with Gasteiger partial charge in [-0.3, -0.25) is 0 Å². The monoisotopic (exact) mass is 213 g/mol. The van der Waals surface area contributed by atoms with Gasteiger partial charge in [-0.2, -0.15) is 0 Å². The molecule has 0 amide bonds. The van der Waals surface area contributed by atoms with Gasteiger partial charge in [0, 0.05) is 11.1 Å². The quantitative estimate of drug-likeness (QED) is 0.820. The molecule has 0 aliphatic rings. The zero-order valence-electron chi connectivity index (χ0n) is 9.40. The third-order valence-electron chi connectivity index (χ3n) is 2.40. The van der Waals surface area contributed by atoms with Gasteiger partial charge >= 0.3 is 0 Å².